The zero-order valence-corrected chi connectivity index (χ0v) is 58.3. The van der Waals surface area contributed by atoms with Gasteiger partial charge in [0.1, 0.15) is 36.2 Å². The van der Waals surface area contributed by atoms with E-state index in [0.29, 0.717) is 65.2 Å². The highest BCUT2D eigenvalue weighted by Crippen LogP contribution is 2.46. The van der Waals surface area contributed by atoms with E-state index in [2.05, 4.69) is 66.2 Å². The Labute approximate surface area is 591 Å². The molecule has 6 N–H and O–H groups in total. The van der Waals surface area contributed by atoms with Gasteiger partial charge in [0.15, 0.2) is 5.60 Å². The Morgan fingerprint density at radius 3 is 2.23 bits per heavy atom. The molecule has 24 heteroatoms. The van der Waals surface area contributed by atoms with Gasteiger partial charge in [-0.2, -0.15) is 0 Å². The highest BCUT2D eigenvalue weighted by atomic mass is 16.6. The average Bonchev–Trinajstić information content (AvgIpc) is 1.13. The quantitative estimate of drug-likeness (QED) is 0.0151. The normalized spacial score (nSPS) is 17.2. The number of piperidine rings is 2. The number of aromatic nitrogens is 4. The van der Waals surface area contributed by atoms with Crippen LogP contribution in [0.3, 0.4) is 0 Å². The van der Waals surface area contributed by atoms with E-state index in [9.17, 15) is 33.6 Å². The van der Waals surface area contributed by atoms with Gasteiger partial charge < -0.3 is 64.3 Å². The van der Waals surface area contributed by atoms with Crippen molar-refractivity contribution in [3.05, 3.63) is 172 Å². The summed E-state index contributed by atoms with van der Waals surface area (Å²) in [6.45, 7) is 10.3. The summed E-state index contributed by atoms with van der Waals surface area (Å²) in [6.07, 6.45) is 7.42. The van der Waals surface area contributed by atoms with E-state index >= 15 is 0 Å². The van der Waals surface area contributed by atoms with E-state index in [1.165, 1.54) is 4.90 Å². The van der Waals surface area contributed by atoms with Crippen LogP contribution in [0.2, 0.25) is 0 Å². The van der Waals surface area contributed by atoms with Gasteiger partial charge in [0.05, 0.1) is 56.2 Å². The van der Waals surface area contributed by atoms with Crippen molar-refractivity contribution < 1.29 is 52.5 Å². The summed E-state index contributed by atoms with van der Waals surface area (Å²) in [4.78, 5) is 113. The first-order valence-corrected chi connectivity index (χ1v) is 34.9. The lowest BCUT2D eigenvalue weighted by Gasteiger charge is -2.45. The molecule has 4 fully saturated rings. The number of alkyl carbamates (subject to hydrolysis) is 1. The van der Waals surface area contributed by atoms with Gasteiger partial charge in [-0.15, -0.1) is 0 Å². The number of hydrogen-bond donors (Lipinski definition) is 6. The van der Waals surface area contributed by atoms with Crippen molar-refractivity contribution in [2.45, 2.75) is 120 Å². The Morgan fingerprint density at radius 1 is 0.794 bits per heavy atom. The number of anilines is 2. The van der Waals surface area contributed by atoms with Gasteiger partial charge in [-0.25, -0.2) is 19.6 Å². The number of amides is 6. The molecule has 0 spiro atoms. The van der Waals surface area contributed by atoms with Crippen LogP contribution in [-0.4, -0.2) is 162 Å². The molecule has 8 aromatic rings. The van der Waals surface area contributed by atoms with Gasteiger partial charge in [-0.05, 0) is 136 Å². The van der Waals surface area contributed by atoms with Gasteiger partial charge in [-0.3, -0.25) is 34.2 Å². The van der Waals surface area contributed by atoms with Crippen LogP contribution in [0.25, 0.3) is 44.1 Å². The van der Waals surface area contributed by atoms with Gasteiger partial charge in [0.25, 0.3) is 5.56 Å². The van der Waals surface area contributed by atoms with Gasteiger partial charge in [0.2, 0.25) is 23.7 Å². The van der Waals surface area contributed by atoms with Crippen LogP contribution >= 0.6 is 0 Å². The third-order valence-corrected chi connectivity index (χ3v) is 19.8. The van der Waals surface area contributed by atoms with Crippen LogP contribution in [0.1, 0.15) is 113 Å². The molecule has 13 rings (SSSR count). The smallest absolute Gasteiger partial charge is 0.407 e. The first-order chi connectivity index (χ1) is 49.2. The van der Waals surface area contributed by atoms with E-state index in [4.69, 9.17) is 33.7 Å². The fourth-order valence-electron chi connectivity index (χ4n) is 14.2. The number of methoxy groups -OCH3 is 1. The second-order valence-corrected chi connectivity index (χ2v) is 28.1. The van der Waals surface area contributed by atoms with Crippen LogP contribution in [-0.2, 0) is 50.8 Å². The second kappa shape index (κ2) is 30.0. The fourth-order valence-corrected chi connectivity index (χ4v) is 14.2. The van der Waals surface area contributed by atoms with Crippen LogP contribution in [0.15, 0.2) is 139 Å². The van der Waals surface area contributed by atoms with E-state index in [1.54, 1.807) is 51.8 Å². The number of carbonyl (C=O) groups is 6. The van der Waals surface area contributed by atoms with Crippen molar-refractivity contribution in [3.63, 3.8) is 0 Å². The lowest BCUT2D eigenvalue weighted by molar-refractivity contribution is -0.156. The minimum atomic E-state index is -1.46. The maximum atomic E-state index is 14.0. The third-order valence-electron chi connectivity index (χ3n) is 19.8. The van der Waals surface area contributed by atoms with Crippen molar-refractivity contribution >= 4 is 69.3 Å². The summed E-state index contributed by atoms with van der Waals surface area (Å²) in [6, 6.07) is 37.4. The molecule has 2 atom stereocenters. The minimum Gasteiger partial charge on any atom is -0.495 e. The Balaban J connectivity index is 0.698. The Bertz CT molecular complexity index is 4570. The maximum absolute atomic E-state index is 14.0. The van der Waals surface area contributed by atoms with Crippen molar-refractivity contribution in [3.8, 4) is 39.8 Å². The molecule has 1 saturated carbocycles. The van der Waals surface area contributed by atoms with Gasteiger partial charge >= 0.3 is 18.1 Å². The van der Waals surface area contributed by atoms with Crippen LogP contribution < -0.4 is 46.7 Å². The Kier molecular flexibility index (Phi) is 20.6. The number of urea groups is 1. The zero-order chi connectivity index (χ0) is 71.3. The predicted molar refractivity (Wildman–Crippen MR) is 386 cm³/mol. The van der Waals surface area contributed by atoms with E-state index in [0.717, 1.165) is 102 Å². The number of carbonyl (C=O) groups excluding carboxylic acids is 6. The standard InChI is InChI=1S/C78H86N12O12/c1-76(2,3)102-68(93)43-63(84-75(97)100-46-61-56-20-12-10-18-54(56)55-19-11-13-21-57(55)61)71(94)80-44-67(92)81-48-99-47-78(101-53-24-25-53,51-16-8-7-9-17-51)70-59-42-50(60-45-87(5)72(95)69-58(60)28-35-79-69)23-26-62(59)83-73(86-70)89-36-29-52(30-37-89)88-39-32-77(4,33-40-88)82-34-14-15-49-22-27-65(98-6)64(41-49)90-38-31-66(91)85-74(90)96/h7-13,16-23,26-28,35,41-42,45,52-53,61,63,79,82H,24-25,29-34,36-40,43-44,46-48H2,1-6H3,(H,80,94)(H,81,92)(H,84,97)(H,85,91,96)/t63-,78?/m0/s1. The van der Waals surface area contributed by atoms with E-state index in [-0.39, 0.29) is 61.9 Å². The Hall–Kier alpha value is -10.5. The summed E-state index contributed by atoms with van der Waals surface area (Å²) in [7, 11) is 3.28. The molecule has 6 heterocycles. The minimum absolute atomic E-state index is 0.0305. The molecule has 1 unspecified atom stereocenters. The molecule has 530 valence electrons. The number of ether oxygens (including phenoxy) is 5. The number of nitrogens with zero attached hydrogens (tertiary/aromatic N) is 6. The van der Waals surface area contributed by atoms with E-state index < -0.39 is 60.1 Å². The van der Waals surface area contributed by atoms with Gasteiger partial charge in [0, 0.05) is 98.0 Å². The number of H-pyrrole nitrogens is 1. The maximum Gasteiger partial charge on any atom is 0.407 e. The second-order valence-electron chi connectivity index (χ2n) is 28.1. The number of nitrogens with one attached hydrogen (secondary N) is 6. The average molecular weight is 1380 g/mol. The molecule has 3 aromatic heterocycles. The number of benzene rings is 5. The molecule has 24 nitrogen and oxygen atoms in total. The third kappa shape index (κ3) is 15.7. The fraction of sp³-hybridized carbons (Fsp3) is 0.397. The largest absolute Gasteiger partial charge is 0.495 e. The molecule has 3 aliphatic heterocycles. The molecule has 6 amide bonds. The first-order valence-electron chi connectivity index (χ1n) is 34.9. The number of aromatic amines is 1. The summed E-state index contributed by atoms with van der Waals surface area (Å²) >= 11 is 0. The number of rotatable bonds is 23. The molecular formula is C78H86N12O12. The number of esters is 1. The topological polar surface area (TPSA) is 282 Å². The zero-order valence-electron chi connectivity index (χ0n) is 58.3. The number of fused-ring (bicyclic) bond motifs is 5. The molecular weight excluding hydrogens is 1300 g/mol. The highest BCUT2D eigenvalue weighted by molar-refractivity contribution is 6.06. The molecule has 0 bridgehead atoms. The first kappa shape index (κ1) is 70.0. The summed E-state index contributed by atoms with van der Waals surface area (Å²) in [5, 5.41) is 15.5. The summed E-state index contributed by atoms with van der Waals surface area (Å²) in [5.41, 5.74) is 6.97. The number of aryl methyl sites for hydroxylation is 1. The summed E-state index contributed by atoms with van der Waals surface area (Å²) in [5.74, 6) is 4.87. The lowest BCUT2D eigenvalue weighted by Crippen LogP contribution is -2.55. The predicted octanol–water partition coefficient (Wildman–Crippen LogP) is 8.66. The molecule has 0 radical (unpaired) electrons. The van der Waals surface area contributed by atoms with Crippen molar-refractivity contribution in [1.82, 2.24) is 51.0 Å². The number of likely N-dealkylation sites (tertiary alicyclic amines) is 1. The monoisotopic (exact) mass is 1380 g/mol. The lowest BCUT2D eigenvalue weighted by atomic mass is 9.87. The van der Waals surface area contributed by atoms with Crippen molar-refractivity contribution in [1.29, 1.82) is 0 Å². The SMILES string of the molecule is COc1ccc(C#CCNC2(C)CCN(C3CCN(c4nc(C(COCNC(=O)CNC(=O)[C@H](CC(=O)OC(C)(C)C)NC(=O)OCC5c6ccccc6-c6ccccc65)(OC5CC5)c5ccccc5)c5cc(-c6cn(C)c(=O)c7[nH]ccc67)ccc5n4)CC3)CC2)cc1N1CCC(=O)NC1=O. The highest BCUT2D eigenvalue weighted by Gasteiger charge is 2.45. The van der Waals surface area contributed by atoms with Crippen molar-refractivity contribution in [2.24, 2.45) is 7.05 Å². The molecule has 5 aromatic carbocycles. The number of imide groups is 1. The van der Waals surface area contributed by atoms with Crippen molar-refractivity contribution in [2.75, 3.05) is 82.7 Å². The Morgan fingerprint density at radius 2 is 1.52 bits per heavy atom. The molecule has 3 saturated heterocycles. The molecule has 2 aliphatic carbocycles. The van der Waals surface area contributed by atoms with Crippen LogP contribution in [0.4, 0.5) is 21.2 Å². The van der Waals surface area contributed by atoms with E-state index in [1.807, 2.05) is 115 Å². The van der Waals surface area contributed by atoms with Gasteiger partial charge in [-0.1, -0.05) is 96.8 Å². The molecule has 5 aliphatic rings. The van der Waals surface area contributed by atoms with Crippen LogP contribution in [0, 0.1) is 11.8 Å². The number of hydrogen-bond acceptors (Lipinski definition) is 17. The van der Waals surface area contributed by atoms with Crippen LogP contribution in [0.5, 0.6) is 5.75 Å². The summed E-state index contributed by atoms with van der Waals surface area (Å²) < 4.78 is 32.3. The number of pyridine rings is 1. The molecule has 102 heavy (non-hydrogen) atoms.